The molecule has 21 heavy (non-hydrogen) atoms. The van der Waals surface area contributed by atoms with Crippen molar-refractivity contribution in [1.82, 2.24) is 0 Å². The molecule has 0 aliphatic rings. The van der Waals surface area contributed by atoms with Crippen molar-refractivity contribution in [2.75, 3.05) is 14.2 Å². The topological polar surface area (TPSA) is 36.9 Å². The molecule has 0 saturated carbocycles. The fourth-order valence-corrected chi connectivity index (χ4v) is 3.53. The molecule has 1 rings (SSSR count). The van der Waals surface area contributed by atoms with Crippen LogP contribution >= 0.6 is 0 Å². The molecule has 0 heterocycles. The maximum atomic E-state index is 6.26. The lowest BCUT2D eigenvalue weighted by molar-refractivity contribution is 0.359. The molecule has 0 amide bonds. The van der Waals surface area contributed by atoms with Gasteiger partial charge in [-0.2, -0.15) is 0 Å². The Morgan fingerprint density at radius 3 is 1.57 bits per heavy atom. The molecule has 120 valence electrons. The molecule has 6 heteroatoms. The van der Waals surface area contributed by atoms with Crippen LogP contribution in [0.1, 0.15) is 5.56 Å². The van der Waals surface area contributed by atoms with Gasteiger partial charge in [0.2, 0.25) is 16.6 Å². The highest BCUT2D eigenvalue weighted by atomic mass is 28.4. The lowest BCUT2D eigenvalue weighted by Crippen LogP contribution is -2.33. The van der Waals surface area contributed by atoms with Crippen LogP contribution in [-0.2, 0) is 0 Å². The van der Waals surface area contributed by atoms with E-state index in [9.17, 15) is 0 Å². The van der Waals surface area contributed by atoms with Crippen molar-refractivity contribution in [1.29, 1.82) is 0 Å². The van der Waals surface area contributed by atoms with Crippen LogP contribution < -0.4 is 18.3 Å². The zero-order valence-electron chi connectivity index (χ0n) is 14.7. The van der Waals surface area contributed by atoms with Crippen molar-refractivity contribution in [3.63, 3.8) is 0 Å². The van der Waals surface area contributed by atoms with Crippen LogP contribution in [0, 0.1) is 6.92 Å². The molecule has 4 nitrogen and oxygen atoms in total. The van der Waals surface area contributed by atoms with E-state index in [1.54, 1.807) is 14.2 Å². The molecular weight excluding hydrogens is 300 g/mol. The first kappa shape index (κ1) is 17.9. The molecular formula is C15H28O4Si2. The Balaban J connectivity index is 3.54. The molecule has 0 aliphatic carbocycles. The van der Waals surface area contributed by atoms with Crippen molar-refractivity contribution < 1.29 is 18.3 Å². The van der Waals surface area contributed by atoms with E-state index in [1.165, 1.54) is 0 Å². The Labute approximate surface area is 130 Å². The summed E-state index contributed by atoms with van der Waals surface area (Å²) in [7, 11) is -0.310. The molecule has 1 aromatic rings. The van der Waals surface area contributed by atoms with Crippen LogP contribution in [0.25, 0.3) is 0 Å². The summed E-state index contributed by atoms with van der Waals surface area (Å²) in [6.45, 7) is 14.8. The van der Waals surface area contributed by atoms with Gasteiger partial charge in [0.25, 0.3) is 0 Å². The van der Waals surface area contributed by atoms with E-state index in [-0.39, 0.29) is 0 Å². The monoisotopic (exact) mass is 328 g/mol. The average molecular weight is 329 g/mol. The van der Waals surface area contributed by atoms with Gasteiger partial charge < -0.3 is 18.3 Å². The van der Waals surface area contributed by atoms with Gasteiger partial charge in [-0.1, -0.05) is 0 Å². The summed E-state index contributed by atoms with van der Waals surface area (Å²) >= 11 is 0. The highest BCUT2D eigenvalue weighted by Gasteiger charge is 2.29. The molecule has 0 unspecified atom stereocenters. The predicted molar refractivity (Wildman–Crippen MR) is 92.2 cm³/mol. The Hall–Kier alpha value is -1.15. The fraction of sp³-hybridized carbons (Fsp3) is 0.600. The van der Waals surface area contributed by atoms with Gasteiger partial charge in [-0.15, -0.1) is 0 Å². The first-order valence-corrected chi connectivity index (χ1v) is 13.9. The summed E-state index contributed by atoms with van der Waals surface area (Å²) in [5.41, 5.74) is 0.977. The largest absolute Gasteiger partial charge is 0.539 e. The molecule has 0 aromatic heterocycles. The van der Waals surface area contributed by atoms with Crippen molar-refractivity contribution in [3.05, 3.63) is 11.6 Å². The molecule has 0 spiro atoms. The van der Waals surface area contributed by atoms with Crippen LogP contribution in [0.4, 0.5) is 0 Å². The zero-order chi connectivity index (χ0) is 16.4. The molecule has 0 radical (unpaired) electrons. The van der Waals surface area contributed by atoms with E-state index in [2.05, 4.69) is 39.3 Å². The first-order valence-electron chi connectivity index (χ1n) is 7.12. The number of ether oxygens (including phenoxy) is 2. The van der Waals surface area contributed by atoms with Gasteiger partial charge in [-0.3, -0.25) is 0 Å². The van der Waals surface area contributed by atoms with E-state index < -0.39 is 16.6 Å². The standard InChI is InChI=1S/C15H28O4Si2/c1-11-10-12(16-2)14(18-20(4,5)6)15(13(11)17-3)19-21(7,8)9/h10H,1-9H3. The van der Waals surface area contributed by atoms with Gasteiger partial charge in [-0.25, -0.2) is 0 Å². The number of hydrogen-bond acceptors (Lipinski definition) is 4. The van der Waals surface area contributed by atoms with E-state index in [4.69, 9.17) is 18.3 Å². The molecule has 0 bridgehead atoms. The minimum Gasteiger partial charge on any atom is -0.539 e. The van der Waals surface area contributed by atoms with Crippen molar-refractivity contribution in [2.45, 2.75) is 46.2 Å². The Morgan fingerprint density at radius 1 is 0.714 bits per heavy atom. The normalized spacial score (nSPS) is 12.0. The fourth-order valence-electron chi connectivity index (χ4n) is 1.93. The molecule has 0 atom stereocenters. The molecule has 0 aliphatic heterocycles. The molecule has 1 aromatic carbocycles. The Kier molecular flexibility index (Phi) is 5.38. The van der Waals surface area contributed by atoms with Gasteiger partial charge in [-0.05, 0) is 57.8 Å². The van der Waals surface area contributed by atoms with Gasteiger partial charge in [0.05, 0.1) is 14.2 Å². The van der Waals surface area contributed by atoms with Crippen LogP contribution in [0.3, 0.4) is 0 Å². The molecule has 0 N–H and O–H groups in total. The van der Waals surface area contributed by atoms with Gasteiger partial charge >= 0.3 is 0 Å². The second-order valence-corrected chi connectivity index (χ2v) is 15.9. The first-order chi connectivity index (χ1) is 9.48. The zero-order valence-corrected chi connectivity index (χ0v) is 16.7. The van der Waals surface area contributed by atoms with E-state index in [0.29, 0.717) is 17.2 Å². The SMILES string of the molecule is COc1cc(C)c(OC)c(O[Si](C)(C)C)c1O[Si](C)(C)C. The van der Waals surface area contributed by atoms with Crippen LogP contribution in [-0.4, -0.2) is 30.9 Å². The highest BCUT2D eigenvalue weighted by molar-refractivity contribution is 6.71. The summed E-state index contributed by atoms with van der Waals surface area (Å²) in [5.74, 6) is 2.77. The Morgan fingerprint density at radius 2 is 1.19 bits per heavy atom. The Bertz CT molecular complexity index is 502. The second kappa shape index (κ2) is 6.31. The highest BCUT2D eigenvalue weighted by Crippen LogP contribution is 2.48. The van der Waals surface area contributed by atoms with E-state index in [1.807, 2.05) is 13.0 Å². The second-order valence-electron chi connectivity index (χ2n) is 7.02. The van der Waals surface area contributed by atoms with E-state index >= 15 is 0 Å². The number of benzene rings is 1. The third kappa shape index (κ3) is 4.96. The minimum absolute atomic E-state index is 0.668. The van der Waals surface area contributed by atoms with Gasteiger partial charge in [0.15, 0.2) is 23.0 Å². The summed E-state index contributed by atoms with van der Waals surface area (Å²) in [6, 6.07) is 1.94. The minimum atomic E-state index is -1.81. The maximum absolute atomic E-state index is 6.26. The van der Waals surface area contributed by atoms with Crippen LogP contribution in [0.15, 0.2) is 6.07 Å². The summed E-state index contributed by atoms with van der Waals surface area (Å²) < 4.78 is 23.5. The van der Waals surface area contributed by atoms with Crippen molar-refractivity contribution in [3.8, 4) is 23.0 Å². The lowest BCUT2D eigenvalue weighted by Gasteiger charge is -2.29. The smallest absolute Gasteiger partial charge is 0.242 e. The van der Waals surface area contributed by atoms with Crippen molar-refractivity contribution >= 4 is 16.6 Å². The number of aryl methyl sites for hydroxylation is 1. The summed E-state index contributed by atoms with van der Waals surface area (Å²) in [5, 5.41) is 0. The lowest BCUT2D eigenvalue weighted by atomic mass is 10.2. The maximum Gasteiger partial charge on any atom is 0.242 e. The third-order valence-corrected chi connectivity index (χ3v) is 4.22. The summed E-state index contributed by atoms with van der Waals surface area (Å²) in [4.78, 5) is 0. The quantitative estimate of drug-likeness (QED) is 0.723. The van der Waals surface area contributed by atoms with E-state index in [0.717, 1.165) is 11.3 Å². The third-order valence-electron chi connectivity index (χ3n) is 2.58. The number of rotatable bonds is 6. The number of hydrogen-bond donors (Lipinski definition) is 0. The molecule has 0 saturated heterocycles. The molecule has 0 fully saturated rings. The van der Waals surface area contributed by atoms with Gasteiger partial charge in [0, 0.05) is 0 Å². The van der Waals surface area contributed by atoms with Crippen molar-refractivity contribution in [2.24, 2.45) is 0 Å². The summed E-state index contributed by atoms with van der Waals surface area (Å²) in [6.07, 6.45) is 0. The average Bonchev–Trinajstić information content (AvgIpc) is 2.29. The van der Waals surface area contributed by atoms with Crippen LogP contribution in [0.2, 0.25) is 39.3 Å². The van der Waals surface area contributed by atoms with Gasteiger partial charge in [0.1, 0.15) is 0 Å². The number of methoxy groups -OCH3 is 2. The van der Waals surface area contributed by atoms with Crippen LogP contribution in [0.5, 0.6) is 23.0 Å². The predicted octanol–water partition coefficient (Wildman–Crippen LogP) is 4.44.